The SMILES string of the molecule is CCCNC(c1cc(Cl)cnc1N)C1CC1C. The number of nitrogens with one attached hydrogen (secondary N) is 1. The molecule has 17 heavy (non-hydrogen) atoms. The Balaban J connectivity index is 2.21. The first-order valence-corrected chi connectivity index (χ1v) is 6.65. The molecule has 94 valence electrons. The molecule has 3 N–H and O–H groups in total. The maximum absolute atomic E-state index is 6.01. The second-order valence-electron chi connectivity index (χ2n) is 4.94. The van der Waals surface area contributed by atoms with E-state index in [1.165, 1.54) is 6.42 Å². The van der Waals surface area contributed by atoms with Crippen molar-refractivity contribution in [3.8, 4) is 0 Å². The summed E-state index contributed by atoms with van der Waals surface area (Å²) in [5, 5.41) is 4.23. The summed E-state index contributed by atoms with van der Waals surface area (Å²) in [5.74, 6) is 2.04. The third-order valence-corrected chi connectivity index (χ3v) is 3.67. The highest BCUT2D eigenvalue weighted by Gasteiger charge is 2.40. The molecule has 0 aliphatic heterocycles. The molecule has 1 aliphatic rings. The number of hydrogen-bond acceptors (Lipinski definition) is 3. The lowest BCUT2D eigenvalue weighted by Gasteiger charge is -2.20. The molecule has 0 bridgehead atoms. The number of nitrogens with zero attached hydrogens (tertiary/aromatic N) is 1. The maximum atomic E-state index is 6.01. The van der Waals surface area contributed by atoms with E-state index in [-0.39, 0.29) is 0 Å². The second-order valence-corrected chi connectivity index (χ2v) is 5.37. The minimum absolute atomic E-state index is 0.302. The largest absolute Gasteiger partial charge is 0.383 e. The Bertz CT molecular complexity index is 394. The molecule has 0 aromatic carbocycles. The number of aromatic nitrogens is 1. The Labute approximate surface area is 108 Å². The summed E-state index contributed by atoms with van der Waals surface area (Å²) in [7, 11) is 0. The fraction of sp³-hybridized carbons (Fsp3) is 0.615. The van der Waals surface area contributed by atoms with Crippen LogP contribution in [0.2, 0.25) is 5.02 Å². The van der Waals surface area contributed by atoms with Crippen LogP contribution < -0.4 is 11.1 Å². The Morgan fingerprint density at radius 3 is 2.94 bits per heavy atom. The summed E-state index contributed by atoms with van der Waals surface area (Å²) in [5.41, 5.74) is 7.02. The first kappa shape index (κ1) is 12.7. The van der Waals surface area contributed by atoms with Crippen molar-refractivity contribution in [1.82, 2.24) is 10.3 Å². The van der Waals surface area contributed by atoms with Crippen LogP contribution in [-0.4, -0.2) is 11.5 Å². The Morgan fingerprint density at radius 2 is 2.35 bits per heavy atom. The molecule has 0 radical (unpaired) electrons. The van der Waals surface area contributed by atoms with E-state index in [4.69, 9.17) is 17.3 Å². The van der Waals surface area contributed by atoms with Crippen molar-refractivity contribution in [2.45, 2.75) is 32.7 Å². The highest BCUT2D eigenvalue weighted by atomic mass is 35.5. The molecular weight excluding hydrogens is 234 g/mol. The maximum Gasteiger partial charge on any atom is 0.128 e. The van der Waals surface area contributed by atoms with Gasteiger partial charge in [0.15, 0.2) is 0 Å². The van der Waals surface area contributed by atoms with Gasteiger partial charge in [-0.1, -0.05) is 25.4 Å². The molecule has 0 amide bonds. The summed E-state index contributed by atoms with van der Waals surface area (Å²) in [4.78, 5) is 4.15. The molecule has 1 heterocycles. The van der Waals surface area contributed by atoms with Gasteiger partial charge in [-0.3, -0.25) is 0 Å². The highest BCUT2D eigenvalue weighted by Crippen LogP contribution is 2.48. The number of nitrogens with two attached hydrogens (primary N) is 1. The molecule has 1 aromatic heterocycles. The molecule has 4 heteroatoms. The summed E-state index contributed by atoms with van der Waals surface area (Å²) >= 11 is 6.01. The number of rotatable bonds is 5. The van der Waals surface area contributed by atoms with Crippen LogP contribution >= 0.6 is 11.6 Å². The van der Waals surface area contributed by atoms with Crippen molar-refractivity contribution >= 4 is 17.4 Å². The van der Waals surface area contributed by atoms with Gasteiger partial charge in [0, 0.05) is 17.8 Å². The van der Waals surface area contributed by atoms with Gasteiger partial charge in [0.2, 0.25) is 0 Å². The molecule has 3 nitrogen and oxygen atoms in total. The van der Waals surface area contributed by atoms with E-state index >= 15 is 0 Å². The van der Waals surface area contributed by atoms with E-state index in [1.54, 1.807) is 6.20 Å². The zero-order valence-corrected chi connectivity index (χ0v) is 11.2. The van der Waals surface area contributed by atoms with Crippen molar-refractivity contribution in [2.24, 2.45) is 11.8 Å². The summed E-state index contributed by atoms with van der Waals surface area (Å²) in [6.45, 7) is 5.44. The number of nitrogen functional groups attached to an aromatic ring is 1. The molecule has 0 spiro atoms. The van der Waals surface area contributed by atoms with Crippen LogP contribution in [0, 0.1) is 11.8 Å². The quantitative estimate of drug-likeness (QED) is 0.848. The van der Waals surface area contributed by atoms with Crippen molar-refractivity contribution in [2.75, 3.05) is 12.3 Å². The predicted octanol–water partition coefficient (Wildman–Crippen LogP) is 3.01. The van der Waals surface area contributed by atoms with Gasteiger partial charge in [-0.25, -0.2) is 4.98 Å². The third-order valence-electron chi connectivity index (χ3n) is 3.47. The van der Waals surface area contributed by atoms with Crippen molar-refractivity contribution in [3.63, 3.8) is 0 Å². The first-order valence-electron chi connectivity index (χ1n) is 6.27. The lowest BCUT2D eigenvalue weighted by Crippen LogP contribution is -2.25. The zero-order chi connectivity index (χ0) is 12.4. The van der Waals surface area contributed by atoms with E-state index in [9.17, 15) is 0 Å². The minimum Gasteiger partial charge on any atom is -0.383 e. The Hall–Kier alpha value is -0.800. The van der Waals surface area contributed by atoms with Crippen molar-refractivity contribution in [1.29, 1.82) is 0 Å². The van der Waals surface area contributed by atoms with Gasteiger partial charge >= 0.3 is 0 Å². The molecule has 1 saturated carbocycles. The van der Waals surface area contributed by atoms with E-state index in [1.807, 2.05) is 6.07 Å². The molecule has 3 atom stereocenters. The predicted molar refractivity (Wildman–Crippen MR) is 72.0 cm³/mol. The molecule has 2 rings (SSSR count). The van der Waals surface area contributed by atoms with E-state index in [0.717, 1.165) is 24.4 Å². The van der Waals surface area contributed by atoms with Gasteiger partial charge in [0.1, 0.15) is 5.82 Å². The van der Waals surface area contributed by atoms with Gasteiger partial charge in [0.05, 0.1) is 5.02 Å². The number of hydrogen-bond donors (Lipinski definition) is 2. The van der Waals surface area contributed by atoms with Gasteiger partial charge < -0.3 is 11.1 Å². The second kappa shape index (κ2) is 5.23. The van der Waals surface area contributed by atoms with Crippen LogP contribution in [-0.2, 0) is 0 Å². The molecule has 3 unspecified atom stereocenters. The molecule has 1 aliphatic carbocycles. The minimum atomic E-state index is 0.302. The molecule has 0 saturated heterocycles. The van der Waals surface area contributed by atoms with Crippen LogP contribution in [0.1, 0.15) is 38.3 Å². The van der Waals surface area contributed by atoms with Crippen LogP contribution in [0.25, 0.3) is 0 Å². The average molecular weight is 254 g/mol. The summed E-state index contributed by atoms with van der Waals surface area (Å²) in [6.07, 6.45) is 3.98. The topological polar surface area (TPSA) is 50.9 Å². The highest BCUT2D eigenvalue weighted by molar-refractivity contribution is 6.30. The van der Waals surface area contributed by atoms with Gasteiger partial charge in [-0.15, -0.1) is 0 Å². The van der Waals surface area contributed by atoms with Crippen LogP contribution in [0.4, 0.5) is 5.82 Å². The van der Waals surface area contributed by atoms with Crippen LogP contribution in [0.3, 0.4) is 0 Å². The Morgan fingerprint density at radius 1 is 1.65 bits per heavy atom. The van der Waals surface area contributed by atoms with E-state index in [2.05, 4.69) is 24.1 Å². The number of halogens is 1. The van der Waals surface area contributed by atoms with Gasteiger partial charge in [-0.2, -0.15) is 0 Å². The van der Waals surface area contributed by atoms with E-state index < -0.39 is 0 Å². The fourth-order valence-electron chi connectivity index (χ4n) is 2.32. The van der Waals surface area contributed by atoms with Gasteiger partial charge in [0.25, 0.3) is 0 Å². The third kappa shape index (κ3) is 2.90. The molecule has 1 aromatic rings. The average Bonchev–Trinajstić information content (AvgIpc) is 3.01. The monoisotopic (exact) mass is 253 g/mol. The smallest absolute Gasteiger partial charge is 0.128 e. The zero-order valence-electron chi connectivity index (χ0n) is 10.4. The lowest BCUT2D eigenvalue weighted by molar-refractivity contribution is 0.463. The number of pyridine rings is 1. The summed E-state index contributed by atoms with van der Waals surface area (Å²) < 4.78 is 0. The van der Waals surface area contributed by atoms with Crippen molar-refractivity contribution < 1.29 is 0 Å². The molecular formula is C13H20ClN3. The van der Waals surface area contributed by atoms with Crippen LogP contribution in [0.15, 0.2) is 12.3 Å². The van der Waals surface area contributed by atoms with Crippen molar-refractivity contribution in [3.05, 3.63) is 22.8 Å². The summed E-state index contributed by atoms with van der Waals surface area (Å²) in [6, 6.07) is 2.25. The van der Waals surface area contributed by atoms with E-state index in [0.29, 0.717) is 22.8 Å². The standard InChI is InChI=1S/C13H20ClN3/c1-3-4-16-12(10-5-8(10)2)11-6-9(14)7-17-13(11)15/h6-8,10,12,16H,3-5H2,1-2H3,(H2,15,17). The first-order chi connectivity index (χ1) is 8.13. The normalized spacial score (nSPS) is 24.6. The fourth-order valence-corrected chi connectivity index (χ4v) is 2.49. The number of anilines is 1. The lowest BCUT2D eigenvalue weighted by atomic mass is 10.0. The Kier molecular flexibility index (Phi) is 3.89. The molecule has 1 fully saturated rings. The van der Waals surface area contributed by atoms with Gasteiger partial charge in [-0.05, 0) is 37.3 Å². The van der Waals surface area contributed by atoms with Crippen LogP contribution in [0.5, 0.6) is 0 Å².